The molecule has 0 aliphatic heterocycles. The smallest absolute Gasteiger partial charge is 1.00 e. The van der Waals surface area contributed by atoms with Gasteiger partial charge in [-0.3, -0.25) is 0 Å². The molecule has 32 valence electrons. The van der Waals surface area contributed by atoms with E-state index in [0.29, 0.717) is 0 Å². The Morgan fingerprint density at radius 1 is 0.571 bits per heavy atom. The van der Waals surface area contributed by atoms with Gasteiger partial charge in [-0.15, -0.1) is 0 Å². The van der Waals surface area contributed by atoms with Crippen LogP contribution in [-0.2, 0) is 0 Å². The second-order valence-electron chi connectivity index (χ2n) is 1.15. The van der Waals surface area contributed by atoms with E-state index in [-0.39, 0.29) is 31.0 Å². The van der Waals surface area contributed by atoms with Crippen molar-refractivity contribution >= 4 is 0 Å². The molecule has 0 bridgehead atoms. The van der Waals surface area contributed by atoms with Crippen LogP contribution in [0.1, 0.15) is 1.43 Å². The van der Waals surface area contributed by atoms with Crippen molar-refractivity contribution in [3.05, 3.63) is 36.4 Å². The summed E-state index contributed by atoms with van der Waals surface area (Å²) in [7, 11) is 0. The van der Waals surface area contributed by atoms with Gasteiger partial charge in [0.05, 0.1) is 0 Å². The molecule has 0 atom stereocenters. The van der Waals surface area contributed by atoms with Crippen LogP contribution in [0.15, 0.2) is 36.4 Å². The Kier molecular flexibility index (Phi) is 4.52. The van der Waals surface area contributed by atoms with Crippen molar-refractivity contribution in [2.75, 3.05) is 0 Å². The molecule has 0 fully saturated rings. The second-order valence-corrected chi connectivity index (χ2v) is 1.15. The van der Waals surface area contributed by atoms with Crippen LogP contribution in [0.5, 0.6) is 0 Å². The van der Waals surface area contributed by atoms with Gasteiger partial charge in [0, 0.05) is 0 Å². The number of rotatable bonds is 0. The summed E-state index contributed by atoms with van der Waals surface area (Å²) in [5, 5.41) is 0. The van der Waals surface area contributed by atoms with Crippen molar-refractivity contribution in [1.82, 2.24) is 0 Å². The van der Waals surface area contributed by atoms with E-state index in [1.165, 1.54) is 0 Å². The van der Waals surface area contributed by atoms with Gasteiger partial charge in [-0.2, -0.15) is 0 Å². The number of hydrogen-bond acceptors (Lipinski definition) is 0. The van der Waals surface area contributed by atoms with Crippen molar-refractivity contribution in [3.8, 4) is 0 Å². The molecule has 0 saturated heterocycles. The Morgan fingerprint density at radius 3 is 0.857 bits per heavy atom. The average Bonchev–Trinajstić information content (AvgIpc) is 1.72. The Hall–Kier alpha value is 0.220. The average molecular weight is 102 g/mol. The van der Waals surface area contributed by atoms with Crippen LogP contribution in [0.2, 0.25) is 0 Å². The van der Waals surface area contributed by atoms with E-state index < -0.39 is 0 Å². The molecule has 0 aromatic heterocycles. The van der Waals surface area contributed by atoms with E-state index in [2.05, 4.69) is 0 Å². The fourth-order valence-electron chi connectivity index (χ4n) is 0.385. The van der Waals surface area contributed by atoms with E-state index in [0.717, 1.165) is 0 Å². The fourth-order valence-corrected chi connectivity index (χ4v) is 0.385. The van der Waals surface area contributed by atoms with E-state index in [1.54, 1.807) is 0 Å². The first kappa shape index (κ1) is 7.22. The van der Waals surface area contributed by atoms with Gasteiger partial charge in [-0.25, -0.2) is 0 Å². The molecule has 1 rings (SSSR count). The van der Waals surface area contributed by atoms with Crippen LogP contribution in [0.4, 0.5) is 0 Å². The molecule has 1 heteroatoms. The molecular formula is C6H7Na. The zero-order valence-electron chi connectivity index (χ0n) is 5.46. The van der Waals surface area contributed by atoms with Crippen LogP contribution >= 0.6 is 0 Å². The summed E-state index contributed by atoms with van der Waals surface area (Å²) in [5.41, 5.74) is 0. The molecule has 0 N–H and O–H groups in total. The molecular weight excluding hydrogens is 95.1 g/mol. The third-order valence-corrected chi connectivity index (χ3v) is 0.667. The molecule has 0 unspecified atom stereocenters. The third-order valence-electron chi connectivity index (χ3n) is 0.667. The predicted molar refractivity (Wildman–Crippen MR) is 27.6 cm³/mol. The Bertz CT molecular complexity index is 80.5. The number of hydrogen-bond donors (Lipinski definition) is 0. The Balaban J connectivity index is 0. The molecule has 0 aliphatic carbocycles. The van der Waals surface area contributed by atoms with Gasteiger partial charge in [-0.05, 0) is 0 Å². The quantitative estimate of drug-likeness (QED) is 0.361. The maximum atomic E-state index is 2.00. The minimum atomic E-state index is 0. The number of benzene rings is 1. The topological polar surface area (TPSA) is 0 Å². The maximum absolute atomic E-state index is 2.00. The van der Waals surface area contributed by atoms with Crippen LogP contribution in [0.25, 0.3) is 0 Å². The summed E-state index contributed by atoms with van der Waals surface area (Å²) >= 11 is 0. The van der Waals surface area contributed by atoms with Crippen LogP contribution in [0.3, 0.4) is 0 Å². The molecule has 1 aromatic rings. The van der Waals surface area contributed by atoms with E-state index in [1.807, 2.05) is 36.4 Å². The second kappa shape index (κ2) is 4.38. The van der Waals surface area contributed by atoms with Crippen molar-refractivity contribution < 1.29 is 31.0 Å². The van der Waals surface area contributed by atoms with Gasteiger partial charge in [0.1, 0.15) is 0 Å². The summed E-state index contributed by atoms with van der Waals surface area (Å²) in [6.45, 7) is 0. The van der Waals surface area contributed by atoms with Crippen molar-refractivity contribution in [1.29, 1.82) is 0 Å². The van der Waals surface area contributed by atoms with Crippen LogP contribution < -0.4 is 29.6 Å². The van der Waals surface area contributed by atoms with E-state index >= 15 is 0 Å². The summed E-state index contributed by atoms with van der Waals surface area (Å²) in [5.74, 6) is 0. The van der Waals surface area contributed by atoms with Gasteiger partial charge in [0.15, 0.2) is 0 Å². The fraction of sp³-hybridized carbons (Fsp3) is 0. The Labute approximate surface area is 67.3 Å². The van der Waals surface area contributed by atoms with Gasteiger partial charge < -0.3 is 1.43 Å². The molecule has 0 spiro atoms. The van der Waals surface area contributed by atoms with Gasteiger partial charge >= 0.3 is 29.6 Å². The zero-order valence-corrected chi connectivity index (χ0v) is 6.46. The van der Waals surface area contributed by atoms with Gasteiger partial charge in [-0.1, -0.05) is 36.4 Å². The van der Waals surface area contributed by atoms with Crippen molar-refractivity contribution in [3.63, 3.8) is 0 Å². The molecule has 0 radical (unpaired) electrons. The first-order valence-electron chi connectivity index (χ1n) is 2.00. The SMILES string of the molecule is [H-].[Na+].c1ccccc1. The normalized spacial score (nSPS) is 6.86. The van der Waals surface area contributed by atoms with E-state index in [9.17, 15) is 0 Å². The van der Waals surface area contributed by atoms with Gasteiger partial charge in [0.25, 0.3) is 0 Å². The predicted octanol–water partition coefficient (Wildman–Crippen LogP) is -1.20. The summed E-state index contributed by atoms with van der Waals surface area (Å²) in [6, 6.07) is 12.0. The van der Waals surface area contributed by atoms with Crippen LogP contribution in [-0.4, -0.2) is 0 Å². The standard InChI is InChI=1S/C6H6.Na.H/c1-2-4-6-5-3-1;;/h1-6H;;/q;+1;-1. The summed E-state index contributed by atoms with van der Waals surface area (Å²) in [6.07, 6.45) is 0. The van der Waals surface area contributed by atoms with Crippen LogP contribution in [0, 0.1) is 0 Å². The molecule has 7 heavy (non-hydrogen) atoms. The van der Waals surface area contributed by atoms with Crippen molar-refractivity contribution in [2.45, 2.75) is 0 Å². The monoisotopic (exact) mass is 102 g/mol. The molecule has 0 heterocycles. The molecule has 0 nitrogen and oxygen atoms in total. The molecule has 0 saturated carbocycles. The minimum Gasteiger partial charge on any atom is -1.00 e. The molecule has 0 amide bonds. The largest absolute Gasteiger partial charge is 1.00 e. The molecule has 1 aromatic carbocycles. The maximum Gasteiger partial charge on any atom is 1.00 e. The van der Waals surface area contributed by atoms with Gasteiger partial charge in [0.2, 0.25) is 0 Å². The first-order chi connectivity index (χ1) is 3.00. The minimum absolute atomic E-state index is 0. The van der Waals surface area contributed by atoms with Crippen molar-refractivity contribution in [2.24, 2.45) is 0 Å². The Morgan fingerprint density at radius 2 is 0.714 bits per heavy atom. The van der Waals surface area contributed by atoms with E-state index in [4.69, 9.17) is 0 Å². The summed E-state index contributed by atoms with van der Waals surface area (Å²) in [4.78, 5) is 0. The molecule has 0 aliphatic rings. The first-order valence-corrected chi connectivity index (χ1v) is 2.00. The zero-order chi connectivity index (χ0) is 4.24. The third kappa shape index (κ3) is 2.86. The summed E-state index contributed by atoms with van der Waals surface area (Å²) < 4.78 is 0.